The van der Waals surface area contributed by atoms with Crippen LogP contribution in [0.2, 0.25) is 0 Å². The smallest absolute Gasteiger partial charge is 0.158 e. The van der Waals surface area contributed by atoms with Gasteiger partial charge in [0.25, 0.3) is 0 Å². The van der Waals surface area contributed by atoms with Gasteiger partial charge in [-0.05, 0) is 25.5 Å². The number of rotatable bonds is 4. The number of hydrogen-bond acceptors (Lipinski definition) is 4. The molecule has 0 saturated heterocycles. The van der Waals surface area contributed by atoms with Crippen LogP contribution in [0.3, 0.4) is 0 Å². The molecule has 4 rings (SSSR count). The molecular weight excluding hydrogens is 302 g/mol. The van der Waals surface area contributed by atoms with Crippen LogP contribution in [0.1, 0.15) is 37.1 Å². The van der Waals surface area contributed by atoms with Gasteiger partial charge in [-0.15, -0.1) is 10.2 Å². The average molecular weight is 325 g/mol. The number of benzene rings is 1. The van der Waals surface area contributed by atoms with E-state index in [1.54, 1.807) is 0 Å². The SMILES string of the molecule is CC(C)n1cc(CN2CCn3c(CO)nnc3C2)c2ccccc21. The van der Waals surface area contributed by atoms with Crippen molar-refractivity contribution < 1.29 is 5.11 Å². The van der Waals surface area contributed by atoms with E-state index >= 15 is 0 Å². The fourth-order valence-electron chi connectivity index (χ4n) is 3.59. The quantitative estimate of drug-likeness (QED) is 0.800. The Morgan fingerprint density at radius 3 is 2.79 bits per heavy atom. The Balaban J connectivity index is 1.61. The summed E-state index contributed by atoms with van der Waals surface area (Å²) in [5, 5.41) is 18.9. The fourth-order valence-corrected chi connectivity index (χ4v) is 3.59. The van der Waals surface area contributed by atoms with Crippen molar-refractivity contribution in [1.82, 2.24) is 24.2 Å². The second-order valence-electron chi connectivity index (χ2n) is 6.73. The number of nitrogens with zero attached hydrogens (tertiary/aromatic N) is 5. The van der Waals surface area contributed by atoms with Gasteiger partial charge in [0.05, 0.1) is 6.54 Å². The van der Waals surface area contributed by atoms with Gasteiger partial charge in [0.1, 0.15) is 12.4 Å². The standard InChI is InChI=1S/C18H23N5O/c1-13(2)23-10-14(15-5-3-4-6-16(15)23)9-21-7-8-22-17(11-21)19-20-18(22)12-24/h3-6,10,13,24H,7-9,11-12H2,1-2H3. The largest absolute Gasteiger partial charge is 0.388 e. The van der Waals surface area contributed by atoms with Crippen LogP contribution in [0, 0.1) is 0 Å². The summed E-state index contributed by atoms with van der Waals surface area (Å²) in [6.45, 7) is 7.84. The first kappa shape index (κ1) is 15.4. The molecule has 0 spiro atoms. The second kappa shape index (κ2) is 6.03. The van der Waals surface area contributed by atoms with E-state index in [4.69, 9.17) is 0 Å². The zero-order valence-corrected chi connectivity index (χ0v) is 14.2. The van der Waals surface area contributed by atoms with Crippen molar-refractivity contribution in [1.29, 1.82) is 0 Å². The molecule has 0 unspecified atom stereocenters. The Hall–Kier alpha value is -2.18. The lowest BCUT2D eigenvalue weighted by Crippen LogP contribution is -2.34. The van der Waals surface area contributed by atoms with E-state index in [1.807, 2.05) is 4.57 Å². The monoisotopic (exact) mass is 325 g/mol. The Kier molecular flexibility index (Phi) is 3.86. The van der Waals surface area contributed by atoms with E-state index in [1.165, 1.54) is 16.5 Å². The van der Waals surface area contributed by atoms with Gasteiger partial charge in [-0.3, -0.25) is 4.90 Å². The Morgan fingerprint density at radius 1 is 1.17 bits per heavy atom. The molecule has 0 aliphatic carbocycles. The van der Waals surface area contributed by atoms with Crippen molar-refractivity contribution in [3.63, 3.8) is 0 Å². The second-order valence-corrected chi connectivity index (χ2v) is 6.73. The maximum atomic E-state index is 9.32. The van der Waals surface area contributed by atoms with Gasteiger partial charge in [-0.25, -0.2) is 0 Å². The Bertz CT molecular complexity index is 864. The van der Waals surface area contributed by atoms with E-state index in [0.717, 1.165) is 32.0 Å². The van der Waals surface area contributed by atoms with Crippen LogP contribution in [0.5, 0.6) is 0 Å². The third kappa shape index (κ3) is 2.52. The molecule has 1 N–H and O–H groups in total. The van der Waals surface area contributed by atoms with Crippen LogP contribution in [-0.4, -0.2) is 35.9 Å². The number of fused-ring (bicyclic) bond motifs is 2. The molecule has 0 amide bonds. The molecule has 3 aromatic rings. The maximum Gasteiger partial charge on any atom is 0.158 e. The summed E-state index contributed by atoms with van der Waals surface area (Å²) in [7, 11) is 0. The number of aliphatic hydroxyl groups is 1. The zero-order valence-electron chi connectivity index (χ0n) is 14.2. The van der Waals surface area contributed by atoms with Gasteiger partial charge < -0.3 is 14.2 Å². The summed E-state index contributed by atoms with van der Waals surface area (Å²) in [5.74, 6) is 1.61. The minimum Gasteiger partial charge on any atom is -0.388 e. The molecule has 0 fully saturated rings. The minimum absolute atomic E-state index is 0.0467. The molecule has 3 heterocycles. The first-order valence-corrected chi connectivity index (χ1v) is 8.50. The highest BCUT2D eigenvalue weighted by Gasteiger charge is 2.22. The lowest BCUT2D eigenvalue weighted by molar-refractivity contribution is 0.199. The summed E-state index contributed by atoms with van der Waals surface area (Å²) in [4.78, 5) is 2.40. The fraction of sp³-hybridized carbons (Fsp3) is 0.444. The van der Waals surface area contributed by atoms with Gasteiger partial charge >= 0.3 is 0 Å². The normalized spacial score (nSPS) is 15.3. The number of aliphatic hydroxyl groups excluding tert-OH is 1. The van der Waals surface area contributed by atoms with E-state index in [-0.39, 0.29) is 6.61 Å². The molecule has 0 atom stereocenters. The molecule has 6 nitrogen and oxygen atoms in total. The van der Waals surface area contributed by atoms with Crippen LogP contribution >= 0.6 is 0 Å². The highest BCUT2D eigenvalue weighted by molar-refractivity contribution is 5.84. The summed E-state index contributed by atoms with van der Waals surface area (Å²) in [5.41, 5.74) is 2.65. The summed E-state index contributed by atoms with van der Waals surface area (Å²) >= 11 is 0. The van der Waals surface area contributed by atoms with Crippen LogP contribution in [0.4, 0.5) is 0 Å². The van der Waals surface area contributed by atoms with Crippen molar-refractivity contribution in [2.45, 2.75) is 46.1 Å². The highest BCUT2D eigenvalue weighted by Crippen LogP contribution is 2.26. The predicted molar refractivity (Wildman–Crippen MR) is 92.4 cm³/mol. The summed E-state index contributed by atoms with van der Waals surface area (Å²) in [6, 6.07) is 9.06. The third-order valence-electron chi connectivity index (χ3n) is 4.82. The van der Waals surface area contributed by atoms with Crippen molar-refractivity contribution in [2.75, 3.05) is 6.54 Å². The highest BCUT2D eigenvalue weighted by atomic mass is 16.3. The average Bonchev–Trinajstić information content (AvgIpc) is 3.16. The van der Waals surface area contributed by atoms with Crippen LogP contribution in [0.25, 0.3) is 10.9 Å². The van der Waals surface area contributed by atoms with E-state index in [2.05, 4.69) is 64.0 Å². The van der Waals surface area contributed by atoms with Crippen LogP contribution < -0.4 is 0 Å². The first-order chi connectivity index (χ1) is 11.7. The molecule has 6 heteroatoms. The summed E-state index contributed by atoms with van der Waals surface area (Å²) in [6.07, 6.45) is 2.29. The van der Waals surface area contributed by atoms with Gasteiger partial charge in [-0.1, -0.05) is 18.2 Å². The van der Waals surface area contributed by atoms with Gasteiger partial charge in [0, 0.05) is 42.8 Å². The van der Waals surface area contributed by atoms with E-state index in [9.17, 15) is 5.11 Å². The number of para-hydroxylation sites is 1. The number of hydrogen-bond donors (Lipinski definition) is 1. The summed E-state index contributed by atoms with van der Waals surface area (Å²) < 4.78 is 4.38. The minimum atomic E-state index is -0.0467. The molecule has 24 heavy (non-hydrogen) atoms. The van der Waals surface area contributed by atoms with Crippen LogP contribution in [-0.2, 0) is 26.2 Å². The number of aromatic nitrogens is 4. The van der Waals surface area contributed by atoms with Crippen LogP contribution in [0.15, 0.2) is 30.5 Å². The van der Waals surface area contributed by atoms with Crippen molar-refractivity contribution in [3.05, 3.63) is 47.7 Å². The maximum absolute atomic E-state index is 9.32. The molecule has 0 saturated carbocycles. The van der Waals surface area contributed by atoms with Crippen molar-refractivity contribution >= 4 is 10.9 Å². The third-order valence-corrected chi connectivity index (χ3v) is 4.82. The van der Waals surface area contributed by atoms with Gasteiger partial charge in [0.15, 0.2) is 5.82 Å². The lowest BCUT2D eigenvalue weighted by atomic mass is 10.1. The molecule has 126 valence electrons. The first-order valence-electron chi connectivity index (χ1n) is 8.50. The van der Waals surface area contributed by atoms with E-state index in [0.29, 0.717) is 11.9 Å². The molecule has 2 aromatic heterocycles. The Labute approximate surface area is 141 Å². The molecular formula is C18H23N5O. The zero-order chi connectivity index (χ0) is 16.7. The van der Waals surface area contributed by atoms with Gasteiger partial charge in [-0.2, -0.15) is 0 Å². The van der Waals surface area contributed by atoms with Crippen molar-refractivity contribution in [3.8, 4) is 0 Å². The topological polar surface area (TPSA) is 59.1 Å². The molecule has 1 aromatic carbocycles. The molecule has 0 radical (unpaired) electrons. The predicted octanol–water partition coefficient (Wildman–Crippen LogP) is 2.32. The van der Waals surface area contributed by atoms with Gasteiger partial charge in [0.2, 0.25) is 0 Å². The molecule has 0 bridgehead atoms. The molecule has 1 aliphatic rings. The van der Waals surface area contributed by atoms with Crippen molar-refractivity contribution in [2.24, 2.45) is 0 Å². The Morgan fingerprint density at radius 2 is 2.00 bits per heavy atom. The lowest BCUT2D eigenvalue weighted by Gasteiger charge is -2.27. The molecule has 1 aliphatic heterocycles. The van der Waals surface area contributed by atoms with E-state index < -0.39 is 0 Å².